The van der Waals surface area contributed by atoms with Gasteiger partial charge in [0.25, 0.3) is 0 Å². The summed E-state index contributed by atoms with van der Waals surface area (Å²) in [4.78, 5) is 35.9. The third kappa shape index (κ3) is 5.75. The van der Waals surface area contributed by atoms with E-state index in [0.29, 0.717) is 12.8 Å². The fourth-order valence-electron chi connectivity index (χ4n) is 4.44. The molecule has 10 heteroatoms. The molecule has 2 aliphatic rings. The SMILES string of the molecule is O=C(O)CC[C@H](NC(=O)C(NC(=O)OCC1c2ccccc2-c2ccccc21)C1CC1)C(F)(F)F. The third-order valence-electron chi connectivity index (χ3n) is 6.35. The van der Waals surface area contributed by atoms with Gasteiger partial charge in [-0.25, -0.2) is 4.79 Å². The second-order valence-electron chi connectivity index (χ2n) is 8.82. The normalized spacial score (nSPS) is 16.5. The van der Waals surface area contributed by atoms with Crippen molar-refractivity contribution >= 4 is 18.0 Å². The summed E-state index contributed by atoms with van der Waals surface area (Å²) in [5, 5.41) is 13.0. The van der Waals surface area contributed by atoms with E-state index in [0.717, 1.165) is 22.3 Å². The number of halogens is 3. The topological polar surface area (TPSA) is 105 Å². The smallest absolute Gasteiger partial charge is 0.408 e. The summed E-state index contributed by atoms with van der Waals surface area (Å²) >= 11 is 0. The van der Waals surface area contributed by atoms with Crippen LogP contribution in [0.5, 0.6) is 0 Å². The number of carbonyl (C=O) groups excluding carboxylic acids is 2. The average Bonchev–Trinajstić information content (AvgIpc) is 3.60. The van der Waals surface area contributed by atoms with Gasteiger partial charge in [0.1, 0.15) is 18.7 Å². The van der Waals surface area contributed by atoms with Crippen LogP contribution in [0.2, 0.25) is 0 Å². The first-order valence-electron chi connectivity index (χ1n) is 11.4. The molecule has 2 atom stereocenters. The van der Waals surface area contributed by atoms with Gasteiger partial charge in [0.15, 0.2) is 0 Å². The van der Waals surface area contributed by atoms with E-state index >= 15 is 0 Å². The minimum Gasteiger partial charge on any atom is -0.481 e. The standard InChI is InChI=1S/C25H25F3N2O5/c26-25(27,28)20(11-12-21(31)32)29-23(33)22(14-9-10-14)30-24(34)35-13-19-17-7-3-1-5-15(17)16-6-2-4-8-18(16)19/h1-8,14,19-20,22H,9-13H2,(H,29,33)(H,30,34)(H,31,32)/t20-,22?/m0/s1. The predicted octanol–water partition coefficient (Wildman–Crippen LogP) is 4.22. The molecule has 2 aromatic carbocycles. The molecule has 186 valence electrons. The van der Waals surface area contributed by atoms with Crippen molar-refractivity contribution in [3.8, 4) is 11.1 Å². The van der Waals surface area contributed by atoms with Crippen LogP contribution in [0.25, 0.3) is 11.1 Å². The number of ether oxygens (including phenoxy) is 1. The molecule has 2 aromatic rings. The zero-order chi connectivity index (χ0) is 25.2. The van der Waals surface area contributed by atoms with Crippen LogP contribution in [0.15, 0.2) is 48.5 Å². The van der Waals surface area contributed by atoms with Gasteiger partial charge < -0.3 is 20.5 Å². The van der Waals surface area contributed by atoms with Crippen molar-refractivity contribution in [2.75, 3.05) is 6.61 Å². The van der Waals surface area contributed by atoms with Crippen LogP contribution in [-0.2, 0) is 14.3 Å². The highest BCUT2D eigenvalue weighted by Crippen LogP contribution is 2.44. The predicted molar refractivity (Wildman–Crippen MR) is 120 cm³/mol. The fraction of sp³-hybridized carbons (Fsp3) is 0.400. The lowest BCUT2D eigenvalue weighted by Gasteiger charge is -2.25. The number of hydrogen-bond acceptors (Lipinski definition) is 4. The molecule has 0 heterocycles. The second-order valence-corrected chi connectivity index (χ2v) is 8.82. The minimum absolute atomic E-state index is 0.00263. The molecule has 0 saturated heterocycles. The molecule has 4 rings (SSSR count). The van der Waals surface area contributed by atoms with Crippen molar-refractivity contribution in [2.45, 2.75) is 49.9 Å². The third-order valence-corrected chi connectivity index (χ3v) is 6.35. The Hall–Kier alpha value is -3.56. The van der Waals surface area contributed by atoms with Crippen molar-refractivity contribution < 1.29 is 37.4 Å². The van der Waals surface area contributed by atoms with Gasteiger partial charge in [-0.15, -0.1) is 0 Å². The van der Waals surface area contributed by atoms with Crippen molar-refractivity contribution in [3.63, 3.8) is 0 Å². The molecule has 35 heavy (non-hydrogen) atoms. The quantitative estimate of drug-likeness (QED) is 0.488. The summed E-state index contributed by atoms with van der Waals surface area (Å²) in [5.41, 5.74) is 4.10. The van der Waals surface area contributed by atoms with Crippen LogP contribution in [0, 0.1) is 5.92 Å². The largest absolute Gasteiger partial charge is 0.481 e. The maximum absolute atomic E-state index is 13.3. The van der Waals surface area contributed by atoms with Crippen molar-refractivity contribution in [1.29, 1.82) is 0 Å². The van der Waals surface area contributed by atoms with Crippen molar-refractivity contribution in [2.24, 2.45) is 5.92 Å². The molecule has 2 amide bonds. The Morgan fingerprint density at radius 2 is 1.54 bits per heavy atom. The van der Waals surface area contributed by atoms with E-state index < -0.39 is 49.1 Å². The number of carboxylic acid groups (broad SMARTS) is 1. The van der Waals surface area contributed by atoms with Gasteiger partial charge in [-0.2, -0.15) is 13.2 Å². The summed E-state index contributed by atoms with van der Waals surface area (Å²) < 4.78 is 45.3. The minimum atomic E-state index is -4.82. The van der Waals surface area contributed by atoms with Gasteiger partial charge in [0, 0.05) is 12.3 Å². The molecule has 0 radical (unpaired) electrons. The molecule has 2 aliphatic carbocycles. The lowest BCUT2D eigenvalue weighted by Crippen LogP contribution is -2.54. The first kappa shape index (κ1) is 24.6. The number of amides is 2. The van der Waals surface area contributed by atoms with Gasteiger partial charge >= 0.3 is 18.2 Å². The Labute approximate surface area is 199 Å². The molecule has 1 unspecified atom stereocenters. The molecular formula is C25H25F3N2O5. The van der Waals surface area contributed by atoms with Gasteiger partial charge in [0.05, 0.1) is 0 Å². The van der Waals surface area contributed by atoms with Crippen LogP contribution in [-0.4, -0.2) is 47.9 Å². The number of benzene rings is 2. The van der Waals surface area contributed by atoms with Crippen LogP contribution in [0.1, 0.15) is 42.7 Å². The van der Waals surface area contributed by atoms with E-state index in [9.17, 15) is 27.6 Å². The zero-order valence-corrected chi connectivity index (χ0v) is 18.7. The van der Waals surface area contributed by atoms with Gasteiger partial charge in [-0.05, 0) is 47.4 Å². The van der Waals surface area contributed by atoms with E-state index in [4.69, 9.17) is 9.84 Å². The number of alkyl halides is 3. The maximum atomic E-state index is 13.3. The number of aliphatic carboxylic acids is 1. The summed E-state index contributed by atoms with van der Waals surface area (Å²) in [5.74, 6) is -2.91. The highest BCUT2D eigenvalue weighted by atomic mass is 19.4. The molecule has 3 N–H and O–H groups in total. The van der Waals surface area contributed by atoms with E-state index in [1.165, 1.54) is 0 Å². The number of carbonyl (C=O) groups is 3. The number of alkyl carbamates (subject to hydrolysis) is 1. The second kappa shape index (κ2) is 9.97. The number of hydrogen-bond donors (Lipinski definition) is 3. The molecule has 1 fully saturated rings. The van der Waals surface area contributed by atoms with Crippen LogP contribution >= 0.6 is 0 Å². The number of carboxylic acids is 1. The first-order valence-corrected chi connectivity index (χ1v) is 11.4. The summed E-state index contributed by atoms with van der Waals surface area (Å²) in [6.07, 6.45) is -6.11. The molecular weight excluding hydrogens is 465 g/mol. The Bertz CT molecular complexity index is 1070. The lowest BCUT2D eigenvalue weighted by atomic mass is 9.98. The maximum Gasteiger partial charge on any atom is 0.408 e. The fourth-order valence-corrected chi connectivity index (χ4v) is 4.44. The van der Waals surface area contributed by atoms with Crippen LogP contribution in [0.4, 0.5) is 18.0 Å². The summed E-state index contributed by atoms with van der Waals surface area (Å²) in [7, 11) is 0. The Morgan fingerprint density at radius 1 is 0.971 bits per heavy atom. The summed E-state index contributed by atoms with van der Waals surface area (Å²) in [6, 6.07) is 12.0. The average molecular weight is 490 g/mol. The Balaban J connectivity index is 1.39. The van der Waals surface area contributed by atoms with Gasteiger partial charge in [-0.1, -0.05) is 48.5 Å². The number of rotatable bonds is 9. The van der Waals surface area contributed by atoms with Gasteiger partial charge in [0.2, 0.25) is 5.91 Å². The summed E-state index contributed by atoms with van der Waals surface area (Å²) in [6.45, 7) is 0.00263. The molecule has 0 spiro atoms. The molecule has 7 nitrogen and oxygen atoms in total. The van der Waals surface area contributed by atoms with Crippen LogP contribution < -0.4 is 10.6 Å². The molecule has 0 aliphatic heterocycles. The number of fused-ring (bicyclic) bond motifs is 3. The van der Waals surface area contributed by atoms with Gasteiger partial charge in [-0.3, -0.25) is 9.59 Å². The van der Waals surface area contributed by atoms with Crippen molar-refractivity contribution in [1.82, 2.24) is 10.6 Å². The highest BCUT2D eigenvalue weighted by Gasteiger charge is 2.44. The Kier molecular flexibility index (Phi) is 7.00. The molecule has 0 aromatic heterocycles. The number of nitrogens with one attached hydrogen (secondary N) is 2. The van der Waals surface area contributed by atoms with E-state index in [1.54, 1.807) is 0 Å². The monoisotopic (exact) mass is 490 g/mol. The van der Waals surface area contributed by atoms with E-state index in [2.05, 4.69) is 5.32 Å². The van der Waals surface area contributed by atoms with Crippen molar-refractivity contribution in [3.05, 3.63) is 59.7 Å². The van der Waals surface area contributed by atoms with E-state index in [-0.39, 0.29) is 18.4 Å². The molecule has 0 bridgehead atoms. The highest BCUT2D eigenvalue weighted by molar-refractivity contribution is 5.86. The molecule has 1 saturated carbocycles. The van der Waals surface area contributed by atoms with Crippen LogP contribution in [0.3, 0.4) is 0 Å². The van der Waals surface area contributed by atoms with E-state index in [1.807, 2.05) is 53.8 Å². The Morgan fingerprint density at radius 3 is 2.06 bits per heavy atom. The first-order chi connectivity index (χ1) is 16.6. The zero-order valence-electron chi connectivity index (χ0n) is 18.7. The lowest BCUT2D eigenvalue weighted by molar-refractivity contribution is -0.165.